The van der Waals surface area contributed by atoms with Crippen LogP contribution in [0.5, 0.6) is 0 Å². The lowest BCUT2D eigenvalue weighted by atomic mass is 9.75. The number of benzene rings is 1. The summed E-state index contributed by atoms with van der Waals surface area (Å²) in [5.41, 5.74) is 10.7. The molecule has 240 valence electrons. The summed E-state index contributed by atoms with van der Waals surface area (Å²) in [5.74, 6) is 0.386. The van der Waals surface area contributed by atoms with Crippen LogP contribution in [0, 0.1) is 18.7 Å². The molecule has 0 saturated carbocycles. The van der Waals surface area contributed by atoms with Gasteiger partial charge < -0.3 is 25.4 Å². The number of aryl methyl sites for hydroxylation is 1. The number of nitrogens with two attached hydrogens (primary N) is 1. The number of nitrogens with zero attached hydrogens (tertiary/aromatic N) is 6. The van der Waals surface area contributed by atoms with Crippen molar-refractivity contribution in [3.63, 3.8) is 0 Å². The Balaban J connectivity index is 1.27. The van der Waals surface area contributed by atoms with E-state index in [2.05, 4.69) is 39.0 Å². The molecule has 5 rings (SSSR count). The molecule has 2 saturated heterocycles. The number of hydrogen-bond donors (Lipinski definition) is 2. The molecule has 0 unspecified atom stereocenters. The normalized spacial score (nSPS) is 19.3. The van der Waals surface area contributed by atoms with Crippen LogP contribution < -0.4 is 16.0 Å². The number of rotatable bonds is 13. The van der Waals surface area contributed by atoms with Crippen LogP contribution >= 0.6 is 0 Å². The predicted octanol–water partition coefficient (Wildman–Crippen LogP) is 5.17. The highest BCUT2D eigenvalue weighted by atomic mass is 19.1. The molecule has 2 aliphatic rings. The van der Waals surface area contributed by atoms with Crippen LogP contribution in [0.3, 0.4) is 0 Å². The van der Waals surface area contributed by atoms with Gasteiger partial charge in [0.15, 0.2) is 0 Å². The number of morpholine rings is 1. The van der Waals surface area contributed by atoms with Gasteiger partial charge in [0.25, 0.3) is 0 Å². The van der Waals surface area contributed by atoms with Crippen LogP contribution in [-0.2, 0) is 9.47 Å². The molecule has 10 nitrogen and oxygen atoms in total. The smallest absolute Gasteiger partial charge is 0.227 e. The zero-order chi connectivity index (χ0) is 31.1. The molecule has 0 radical (unpaired) electrons. The number of anilines is 3. The van der Waals surface area contributed by atoms with Gasteiger partial charge in [-0.15, -0.1) is 0 Å². The Labute approximate surface area is 261 Å². The van der Waals surface area contributed by atoms with Gasteiger partial charge in [0, 0.05) is 81.2 Å². The summed E-state index contributed by atoms with van der Waals surface area (Å²) in [5, 5.41) is 7.64. The van der Waals surface area contributed by atoms with E-state index in [0.717, 1.165) is 88.4 Å². The predicted molar refractivity (Wildman–Crippen MR) is 173 cm³/mol. The molecule has 2 aliphatic heterocycles. The minimum absolute atomic E-state index is 0.245. The molecule has 0 amide bonds. The Hall–Kier alpha value is -3.12. The van der Waals surface area contributed by atoms with Gasteiger partial charge in [0.2, 0.25) is 5.95 Å². The second kappa shape index (κ2) is 14.8. The molecule has 3 aromatic rings. The molecule has 0 aliphatic carbocycles. The maximum absolute atomic E-state index is 15.7. The highest BCUT2D eigenvalue weighted by Crippen LogP contribution is 2.35. The minimum Gasteiger partial charge on any atom is -0.382 e. The summed E-state index contributed by atoms with van der Waals surface area (Å²) < 4.78 is 28.9. The van der Waals surface area contributed by atoms with Crippen molar-refractivity contribution < 1.29 is 13.9 Å². The molecule has 2 atom stereocenters. The fourth-order valence-electron chi connectivity index (χ4n) is 6.30. The van der Waals surface area contributed by atoms with Crippen molar-refractivity contribution >= 4 is 17.3 Å². The molecule has 2 fully saturated rings. The Morgan fingerprint density at radius 3 is 2.73 bits per heavy atom. The van der Waals surface area contributed by atoms with E-state index in [1.165, 1.54) is 6.07 Å². The summed E-state index contributed by atoms with van der Waals surface area (Å²) in [7, 11) is 0. The number of aromatic nitrogens is 4. The lowest BCUT2D eigenvalue weighted by Crippen LogP contribution is -2.56. The van der Waals surface area contributed by atoms with Gasteiger partial charge in [0.05, 0.1) is 30.8 Å². The summed E-state index contributed by atoms with van der Waals surface area (Å²) in [6.45, 7) is 15.4. The van der Waals surface area contributed by atoms with Crippen LogP contribution in [-0.4, -0.2) is 89.3 Å². The standard InChI is InChI=1S/C33H49FN8O2/c1-5-43-16-11-33(35,10-13-40-14-17-44-18-15-40)27-7-6-12-41(23-27)30-9-8-28(19-29(30)34)38-32-36-20-25(4)31(39-32)26-21-37-42(22-26)24(2)3/h8-9,19-22,24,27H,5-7,10-18,23,35H2,1-4H3,(H,36,38,39)/t27-,33-/m1/s1. The Kier molecular flexibility index (Phi) is 10.8. The number of nitrogens with one attached hydrogen (secondary N) is 1. The molecule has 1 aromatic carbocycles. The number of halogens is 1. The lowest BCUT2D eigenvalue weighted by molar-refractivity contribution is 0.0290. The SMILES string of the molecule is CCOCC[C@](N)(CCN1CCOCC1)[C@@H]1CCCN(c2ccc(Nc3ncc(C)c(-c4cnn(C(C)C)c4)n3)cc2F)C1. The van der Waals surface area contributed by atoms with E-state index in [-0.39, 0.29) is 23.3 Å². The number of hydrogen-bond acceptors (Lipinski definition) is 9. The first kappa shape index (κ1) is 32.3. The zero-order valence-electron chi connectivity index (χ0n) is 26.8. The van der Waals surface area contributed by atoms with Gasteiger partial charge in [0.1, 0.15) is 5.82 Å². The van der Waals surface area contributed by atoms with Crippen molar-refractivity contribution in [1.29, 1.82) is 0 Å². The van der Waals surface area contributed by atoms with Crippen molar-refractivity contribution in [2.24, 2.45) is 11.7 Å². The Morgan fingerprint density at radius 1 is 1.18 bits per heavy atom. The lowest BCUT2D eigenvalue weighted by Gasteiger charge is -2.45. The summed E-state index contributed by atoms with van der Waals surface area (Å²) in [6.07, 6.45) is 9.27. The van der Waals surface area contributed by atoms with Crippen LogP contribution in [0.4, 0.5) is 21.7 Å². The number of ether oxygens (including phenoxy) is 2. The third-order valence-electron chi connectivity index (χ3n) is 9.07. The van der Waals surface area contributed by atoms with Crippen LogP contribution in [0.25, 0.3) is 11.3 Å². The van der Waals surface area contributed by atoms with Crippen LogP contribution in [0.1, 0.15) is 58.1 Å². The number of piperidine rings is 1. The van der Waals surface area contributed by atoms with Gasteiger partial charge in [-0.05, 0) is 83.1 Å². The van der Waals surface area contributed by atoms with E-state index >= 15 is 4.39 Å². The summed E-state index contributed by atoms with van der Waals surface area (Å²) in [4.78, 5) is 13.8. The quantitative estimate of drug-likeness (QED) is 0.254. The van der Waals surface area contributed by atoms with Crippen molar-refractivity contribution in [1.82, 2.24) is 24.6 Å². The third-order valence-corrected chi connectivity index (χ3v) is 9.07. The van der Waals surface area contributed by atoms with Gasteiger partial charge in [-0.2, -0.15) is 5.10 Å². The largest absolute Gasteiger partial charge is 0.382 e. The maximum Gasteiger partial charge on any atom is 0.227 e. The first-order valence-corrected chi connectivity index (χ1v) is 16.1. The molecule has 0 bridgehead atoms. The topological polar surface area (TPSA) is 107 Å². The second-order valence-corrected chi connectivity index (χ2v) is 12.5. The average molecular weight is 609 g/mol. The van der Waals surface area contributed by atoms with Gasteiger partial charge in [-0.1, -0.05) is 0 Å². The molecule has 2 aromatic heterocycles. The van der Waals surface area contributed by atoms with Gasteiger partial charge in [-0.25, -0.2) is 14.4 Å². The van der Waals surface area contributed by atoms with Crippen molar-refractivity contribution in [2.45, 2.75) is 65.0 Å². The van der Waals surface area contributed by atoms with E-state index in [1.807, 2.05) is 43.1 Å². The average Bonchev–Trinajstić information content (AvgIpc) is 3.53. The van der Waals surface area contributed by atoms with E-state index in [9.17, 15) is 0 Å². The van der Waals surface area contributed by atoms with Crippen LogP contribution in [0.2, 0.25) is 0 Å². The van der Waals surface area contributed by atoms with E-state index < -0.39 is 0 Å². The van der Waals surface area contributed by atoms with Crippen molar-refractivity contribution in [3.8, 4) is 11.3 Å². The fourth-order valence-corrected chi connectivity index (χ4v) is 6.30. The maximum atomic E-state index is 15.7. The highest BCUT2D eigenvalue weighted by molar-refractivity contribution is 5.65. The summed E-state index contributed by atoms with van der Waals surface area (Å²) >= 11 is 0. The minimum atomic E-state index is -0.379. The van der Waals surface area contributed by atoms with Gasteiger partial charge >= 0.3 is 0 Å². The molecule has 3 N–H and O–H groups in total. The fraction of sp³-hybridized carbons (Fsp3) is 0.606. The highest BCUT2D eigenvalue weighted by Gasteiger charge is 2.38. The molecule has 4 heterocycles. The van der Waals surface area contributed by atoms with Crippen molar-refractivity contribution in [2.75, 3.05) is 69.4 Å². The zero-order valence-corrected chi connectivity index (χ0v) is 26.8. The molecule has 11 heteroatoms. The second-order valence-electron chi connectivity index (χ2n) is 12.5. The van der Waals surface area contributed by atoms with E-state index in [1.54, 1.807) is 6.20 Å². The van der Waals surface area contributed by atoms with Crippen LogP contribution in [0.15, 0.2) is 36.8 Å². The first-order chi connectivity index (χ1) is 21.3. The van der Waals surface area contributed by atoms with E-state index in [0.29, 0.717) is 30.5 Å². The summed E-state index contributed by atoms with van der Waals surface area (Å²) in [6, 6.07) is 5.53. The Bertz CT molecular complexity index is 1360. The molecular formula is C33H49FN8O2. The monoisotopic (exact) mass is 608 g/mol. The van der Waals surface area contributed by atoms with Crippen molar-refractivity contribution in [3.05, 3.63) is 48.2 Å². The molecule has 0 spiro atoms. The molecular weight excluding hydrogens is 559 g/mol. The van der Waals surface area contributed by atoms with Gasteiger partial charge in [-0.3, -0.25) is 9.58 Å². The Morgan fingerprint density at radius 2 is 2.00 bits per heavy atom. The molecule has 44 heavy (non-hydrogen) atoms. The van der Waals surface area contributed by atoms with E-state index in [4.69, 9.17) is 20.2 Å². The third kappa shape index (κ3) is 7.93. The first-order valence-electron chi connectivity index (χ1n) is 16.1.